The number of nitrogens with zero attached hydrogens (tertiary/aromatic N) is 3. The molecule has 0 amide bonds. The number of hydrogen-bond donors (Lipinski definition) is 2. The maximum absolute atomic E-state index is 5.94. The number of hydrogen-bond acceptors (Lipinski definition) is 4. The number of rotatable bonds is 1. The van der Waals surface area contributed by atoms with Crippen molar-refractivity contribution in [3.05, 3.63) is 11.6 Å². The van der Waals surface area contributed by atoms with Crippen LogP contribution in [0.4, 0.5) is 0 Å². The molecule has 3 heterocycles. The van der Waals surface area contributed by atoms with Crippen LogP contribution in [0, 0.1) is 0 Å². The van der Waals surface area contributed by atoms with Crippen LogP contribution in [0.3, 0.4) is 0 Å². The summed E-state index contributed by atoms with van der Waals surface area (Å²) in [5.74, 6) is 2.20. The van der Waals surface area contributed by atoms with Gasteiger partial charge in [0.15, 0.2) is 0 Å². The smallest absolute Gasteiger partial charge is 0.150 e. The first-order chi connectivity index (χ1) is 7.84. The van der Waals surface area contributed by atoms with Crippen molar-refractivity contribution in [2.75, 3.05) is 6.54 Å². The molecule has 0 bridgehead atoms. The third-order valence-electron chi connectivity index (χ3n) is 3.65. The van der Waals surface area contributed by atoms with Crippen LogP contribution in [-0.4, -0.2) is 27.4 Å². The topological polar surface area (TPSA) is 68.8 Å². The Bertz CT molecular complexity index is 366. The van der Waals surface area contributed by atoms with Gasteiger partial charge in [-0.15, -0.1) is 10.2 Å². The molecule has 1 saturated heterocycles. The van der Waals surface area contributed by atoms with Crippen LogP contribution in [-0.2, 0) is 13.0 Å². The molecule has 0 radical (unpaired) electrons. The van der Waals surface area contributed by atoms with Crippen LogP contribution >= 0.6 is 0 Å². The first kappa shape index (κ1) is 10.2. The highest BCUT2D eigenvalue weighted by molar-refractivity contribution is 5.06. The van der Waals surface area contributed by atoms with E-state index in [0.717, 1.165) is 37.6 Å². The lowest BCUT2D eigenvalue weighted by Crippen LogP contribution is -2.34. The third-order valence-corrected chi connectivity index (χ3v) is 3.65. The molecule has 0 saturated carbocycles. The Morgan fingerprint density at radius 2 is 2.19 bits per heavy atom. The lowest BCUT2D eigenvalue weighted by molar-refractivity contribution is 0.370. The second-order valence-electron chi connectivity index (χ2n) is 4.88. The van der Waals surface area contributed by atoms with Crippen LogP contribution in [0.25, 0.3) is 0 Å². The zero-order chi connectivity index (χ0) is 11.0. The fourth-order valence-corrected chi connectivity index (χ4v) is 2.71. The van der Waals surface area contributed by atoms with Crippen molar-refractivity contribution in [3.8, 4) is 0 Å². The van der Waals surface area contributed by atoms with Gasteiger partial charge in [-0.3, -0.25) is 0 Å². The van der Waals surface area contributed by atoms with Crippen molar-refractivity contribution >= 4 is 0 Å². The lowest BCUT2D eigenvalue weighted by atomic mass is 10.0. The van der Waals surface area contributed by atoms with E-state index in [1.165, 1.54) is 19.3 Å². The van der Waals surface area contributed by atoms with Gasteiger partial charge in [0.25, 0.3) is 0 Å². The molecule has 2 unspecified atom stereocenters. The normalized spacial score (nSPS) is 30.1. The molecule has 16 heavy (non-hydrogen) atoms. The van der Waals surface area contributed by atoms with Crippen LogP contribution in [0.15, 0.2) is 0 Å². The molecule has 0 aromatic carbocycles. The summed E-state index contributed by atoms with van der Waals surface area (Å²) in [6, 6.07) is 0.674. The number of piperidine rings is 1. The maximum Gasteiger partial charge on any atom is 0.150 e. The first-order valence-electron chi connectivity index (χ1n) is 6.25. The quantitative estimate of drug-likeness (QED) is 0.718. The summed E-state index contributed by atoms with van der Waals surface area (Å²) in [5.41, 5.74) is 5.94. The summed E-state index contributed by atoms with van der Waals surface area (Å²) in [6.45, 7) is 2.09. The first-order valence-corrected chi connectivity index (χ1v) is 6.25. The fraction of sp³-hybridized carbons (Fsp3) is 0.818. The summed E-state index contributed by atoms with van der Waals surface area (Å²) in [6.07, 6.45) is 5.68. The average Bonchev–Trinajstić information content (AvgIpc) is 2.73. The predicted molar refractivity (Wildman–Crippen MR) is 60.9 cm³/mol. The van der Waals surface area contributed by atoms with Gasteiger partial charge < -0.3 is 15.6 Å². The Kier molecular flexibility index (Phi) is 2.65. The van der Waals surface area contributed by atoms with E-state index in [4.69, 9.17) is 5.73 Å². The molecule has 2 atom stereocenters. The van der Waals surface area contributed by atoms with E-state index in [9.17, 15) is 0 Å². The minimum absolute atomic E-state index is 0.267. The minimum Gasteiger partial charge on any atom is -0.327 e. The second kappa shape index (κ2) is 4.14. The largest absolute Gasteiger partial charge is 0.327 e. The molecule has 1 fully saturated rings. The summed E-state index contributed by atoms with van der Waals surface area (Å²) in [7, 11) is 0. The van der Waals surface area contributed by atoms with Crippen LogP contribution in [0.5, 0.6) is 0 Å². The zero-order valence-electron chi connectivity index (χ0n) is 9.52. The Balaban J connectivity index is 1.85. The standard InChI is InChI=1S/C11H19N5/c12-8-4-6-16-10(7-8)14-15-11(16)9-3-1-2-5-13-9/h8-9,13H,1-7,12H2. The summed E-state index contributed by atoms with van der Waals surface area (Å²) >= 11 is 0. The van der Waals surface area contributed by atoms with Gasteiger partial charge >= 0.3 is 0 Å². The van der Waals surface area contributed by atoms with E-state index >= 15 is 0 Å². The summed E-state index contributed by atoms with van der Waals surface area (Å²) < 4.78 is 2.27. The lowest BCUT2D eigenvalue weighted by Gasteiger charge is -2.26. The van der Waals surface area contributed by atoms with Crippen molar-refractivity contribution in [1.82, 2.24) is 20.1 Å². The summed E-state index contributed by atoms with van der Waals surface area (Å²) in [4.78, 5) is 0. The molecule has 0 spiro atoms. The SMILES string of the molecule is NC1CCn2c(nnc2C2CCCCN2)C1. The van der Waals surface area contributed by atoms with Gasteiger partial charge in [-0.05, 0) is 25.8 Å². The number of nitrogens with one attached hydrogen (secondary N) is 1. The van der Waals surface area contributed by atoms with E-state index in [2.05, 4.69) is 20.1 Å². The van der Waals surface area contributed by atoms with Crippen molar-refractivity contribution in [2.24, 2.45) is 5.73 Å². The van der Waals surface area contributed by atoms with Gasteiger partial charge in [0.1, 0.15) is 11.6 Å². The Morgan fingerprint density at radius 1 is 1.25 bits per heavy atom. The predicted octanol–water partition coefficient (Wildman–Crippen LogP) is 0.366. The van der Waals surface area contributed by atoms with Crippen molar-refractivity contribution in [1.29, 1.82) is 0 Å². The monoisotopic (exact) mass is 221 g/mol. The van der Waals surface area contributed by atoms with Crippen molar-refractivity contribution < 1.29 is 0 Å². The van der Waals surface area contributed by atoms with Crippen molar-refractivity contribution in [3.63, 3.8) is 0 Å². The molecular weight excluding hydrogens is 202 g/mol. The highest BCUT2D eigenvalue weighted by Gasteiger charge is 2.25. The molecule has 2 aliphatic heterocycles. The Labute approximate surface area is 95.4 Å². The highest BCUT2D eigenvalue weighted by Crippen LogP contribution is 2.24. The molecule has 2 aliphatic rings. The average molecular weight is 221 g/mol. The highest BCUT2D eigenvalue weighted by atomic mass is 15.3. The van der Waals surface area contributed by atoms with Crippen LogP contribution in [0.1, 0.15) is 43.4 Å². The second-order valence-corrected chi connectivity index (χ2v) is 4.88. The van der Waals surface area contributed by atoms with Gasteiger partial charge in [-0.2, -0.15) is 0 Å². The van der Waals surface area contributed by atoms with Gasteiger partial charge in [0.2, 0.25) is 0 Å². The number of fused-ring (bicyclic) bond motifs is 1. The molecular formula is C11H19N5. The van der Waals surface area contributed by atoms with E-state index in [-0.39, 0.29) is 6.04 Å². The van der Waals surface area contributed by atoms with Gasteiger partial charge in [-0.1, -0.05) is 6.42 Å². The molecule has 88 valence electrons. The molecule has 3 rings (SSSR count). The fourth-order valence-electron chi connectivity index (χ4n) is 2.71. The molecule has 0 aliphatic carbocycles. The van der Waals surface area contributed by atoms with Crippen LogP contribution in [0.2, 0.25) is 0 Å². The summed E-state index contributed by atoms with van der Waals surface area (Å²) in [5, 5.41) is 12.2. The minimum atomic E-state index is 0.267. The number of nitrogens with two attached hydrogens (primary N) is 1. The zero-order valence-corrected chi connectivity index (χ0v) is 9.52. The molecule has 5 nitrogen and oxygen atoms in total. The Hall–Kier alpha value is -0.940. The van der Waals surface area contributed by atoms with E-state index in [1.54, 1.807) is 0 Å². The van der Waals surface area contributed by atoms with E-state index in [0.29, 0.717) is 6.04 Å². The van der Waals surface area contributed by atoms with Gasteiger partial charge in [0, 0.05) is 19.0 Å². The van der Waals surface area contributed by atoms with Gasteiger partial charge in [0.05, 0.1) is 6.04 Å². The van der Waals surface area contributed by atoms with E-state index in [1.807, 2.05) is 0 Å². The molecule has 5 heteroatoms. The van der Waals surface area contributed by atoms with E-state index < -0.39 is 0 Å². The molecule has 1 aromatic rings. The van der Waals surface area contributed by atoms with Crippen LogP contribution < -0.4 is 11.1 Å². The van der Waals surface area contributed by atoms with Crippen molar-refractivity contribution in [2.45, 2.75) is 50.7 Å². The Morgan fingerprint density at radius 3 is 3.00 bits per heavy atom. The molecule has 3 N–H and O–H groups in total. The third kappa shape index (κ3) is 1.74. The maximum atomic E-state index is 5.94. The van der Waals surface area contributed by atoms with Gasteiger partial charge in [-0.25, -0.2) is 0 Å². The number of aromatic nitrogens is 3. The molecule has 1 aromatic heterocycles.